The van der Waals surface area contributed by atoms with E-state index in [9.17, 15) is 18.0 Å². The van der Waals surface area contributed by atoms with Crippen molar-refractivity contribution in [3.05, 3.63) is 90.4 Å². The first-order chi connectivity index (χ1) is 22.1. The van der Waals surface area contributed by atoms with Crippen LogP contribution in [0, 0.1) is 0 Å². The predicted molar refractivity (Wildman–Crippen MR) is 172 cm³/mol. The summed E-state index contributed by atoms with van der Waals surface area (Å²) in [6.45, 7) is 3.61. The topological polar surface area (TPSA) is 144 Å². The van der Waals surface area contributed by atoms with E-state index < -0.39 is 26.6 Å². The van der Waals surface area contributed by atoms with E-state index in [2.05, 4.69) is 15.2 Å². The van der Waals surface area contributed by atoms with Crippen molar-refractivity contribution in [1.82, 2.24) is 19.9 Å². The fourth-order valence-electron chi connectivity index (χ4n) is 5.42. The molecular weight excluding hydrogens is 608 g/mol. The van der Waals surface area contributed by atoms with Crippen molar-refractivity contribution in [3.63, 3.8) is 0 Å². The molecule has 1 saturated heterocycles. The first kappa shape index (κ1) is 31.1. The van der Waals surface area contributed by atoms with E-state index in [4.69, 9.17) is 19.4 Å². The number of carbonyl (C=O) groups excluding carboxylic acids is 2. The average Bonchev–Trinajstić information content (AvgIpc) is 3.88. The van der Waals surface area contributed by atoms with Gasteiger partial charge in [0.2, 0.25) is 0 Å². The quantitative estimate of drug-likeness (QED) is 0.291. The minimum Gasteiger partial charge on any atom is -0.410 e. The Morgan fingerprint density at radius 1 is 1.02 bits per heavy atom. The van der Waals surface area contributed by atoms with Gasteiger partial charge in [-0.05, 0) is 68.3 Å². The van der Waals surface area contributed by atoms with Crippen LogP contribution in [0.25, 0.3) is 11.4 Å². The van der Waals surface area contributed by atoms with Crippen LogP contribution < -0.4 is 15.0 Å². The molecule has 46 heavy (non-hydrogen) atoms. The number of rotatable bonds is 8. The summed E-state index contributed by atoms with van der Waals surface area (Å²) in [5.74, 6) is 0.839. The number of carbonyl (C=O) groups is 2. The van der Waals surface area contributed by atoms with Crippen molar-refractivity contribution in [2.24, 2.45) is 0 Å². The van der Waals surface area contributed by atoms with Crippen molar-refractivity contribution >= 4 is 33.3 Å². The monoisotopic (exact) mass is 642 g/mol. The maximum Gasteiger partial charge on any atom is 0.417 e. The van der Waals surface area contributed by atoms with Gasteiger partial charge in [0, 0.05) is 44.2 Å². The average molecular weight is 643 g/mol. The molecule has 12 nitrogen and oxygen atoms in total. The van der Waals surface area contributed by atoms with Crippen LogP contribution in [0.15, 0.2) is 83.9 Å². The molecule has 0 bridgehead atoms. The van der Waals surface area contributed by atoms with Crippen LogP contribution in [-0.4, -0.2) is 80.2 Å². The Morgan fingerprint density at radius 3 is 2.43 bits per heavy atom. The highest BCUT2D eigenvalue weighted by atomic mass is 32.2. The van der Waals surface area contributed by atoms with Crippen LogP contribution in [0.1, 0.15) is 35.9 Å². The number of ether oxygens (including phenoxy) is 2. The maximum atomic E-state index is 14.4. The van der Waals surface area contributed by atoms with Crippen LogP contribution in [-0.2, 0) is 19.3 Å². The highest BCUT2D eigenvalue weighted by Gasteiger charge is 2.59. The fraction of sp³-hybridized carbons (Fsp3) is 0.303. The van der Waals surface area contributed by atoms with Crippen LogP contribution in [0.3, 0.4) is 0 Å². The van der Waals surface area contributed by atoms with Crippen molar-refractivity contribution in [3.8, 4) is 17.1 Å². The van der Waals surface area contributed by atoms with Crippen LogP contribution in [0.5, 0.6) is 5.75 Å². The lowest BCUT2D eigenvalue weighted by molar-refractivity contribution is 0.0817. The molecule has 1 aliphatic heterocycles. The number of para-hydroxylation sites is 1. The summed E-state index contributed by atoms with van der Waals surface area (Å²) >= 11 is 0. The number of morpholine rings is 1. The Hall–Kier alpha value is -4.88. The van der Waals surface area contributed by atoms with Crippen molar-refractivity contribution in [2.75, 3.05) is 44.1 Å². The number of benzene rings is 2. The lowest BCUT2D eigenvalue weighted by Crippen LogP contribution is -2.44. The minimum absolute atomic E-state index is 0.000882. The normalized spacial score (nSPS) is 17.2. The number of amides is 2. The van der Waals surface area contributed by atoms with Gasteiger partial charge in [-0.3, -0.25) is 10.1 Å². The minimum atomic E-state index is -4.10. The van der Waals surface area contributed by atoms with E-state index in [0.717, 1.165) is 0 Å². The largest absolute Gasteiger partial charge is 0.417 e. The van der Waals surface area contributed by atoms with Crippen molar-refractivity contribution in [1.29, 1.82) is 0 Å². The molecule has 2 aliphatic rings. The molecule has 13 heteroatoms. The van der Waals surface area contributed by atoms with Gasteiger partial charge in [0.25, 0.3) is 5.91 Å². The second-order valence-corrected chi connectivity index (χ2v) is 13.7. The van der Waals surface area contributed by atoms with E-state index in [0.29, 0.717) is 66.9 Å². The standard InChI is InChI=1S/C33H34N6O6S/c1-22-21-44-19-18-39(22)28-20-27(33(15-16-33)46(42,43)26-10-7-17-34-29(26)31(40)38(2)3)36-30(37-28)23-11-13-24(14-12-23)35-32(41)45-25-8-5-4-6-9-25/h4-14,17,20,22H,15-16,18-19,21H2,1-3H3,(H,35,41)/t22-/m0/s1. The fourth-order valence-corrected chi connectivity index (χ4v) is 7.51. The Balaban J connectivity index is 1.37. The molecule has 0 spiro atoms. The smallest absolute Gasteiger partial charge is 0.410 e. The first-order valence-corrected chi connectivity index (χ1v) is 16.4. The summed E-state index contributed by atoms with van der Waals surface area (Å²) in [5, 5.41) is 2.70. The summed E-state index contributed by atoms with van der Waals surface area (Å²) < 4.78 is 38.4. The van der Waals surface area contributed by atoms with Gasteiger partial charge in [-0.25, -0.2) is 28.2 Å². The van der Waals surface area contributed by atoms with Gasteiger partial charge in [-0.15, -0.1) is 0 Å². The lowest BCUT2D eigenvalue weighted by atomic mass is 10.1. The SMILES string of the molecule is C[C@H]1COCCN1c1cc(C2(S(=O)(=O)c3cccnc3C(=O)N(C)C)CC2)nc(-c2ccc(NC(=O)Oc3ccccc3)cc2)n1. The zero-order chi connectivity index (χ0) is 32.5. The van der Waals surface area contributed by atoms with E-state index in [1.54, 1.807) is 68.7 Å². The zero-order valence-electron chi connectivity index (χ0n) is 25.7. The van der Waals surface area contributed by atoms with E-state index >= 15 is 0 Å². The van der Waals surface area contributed by atoms with Gasteiger partial charge in [0.05, 0.1) is 29.8 Å². The van der Waals surface area contributed by atoms with E-state index in [-0.39, 0.29) is 16.6 Å². The molecule has 0 unspecified atom stereocenters. The third kappa shape index (κ3) is 6.03. The number of hydrogen-bond donors (Lipinski definition) is 1. The van der Waals surface area contributed by atoms with Gasteiger partial charge in [0.15, 0.2) is 15.7 Å². The second-order valence-electron chi connectivity index (χ2n) is 11.5. The van der Waals surface area contributed by atoms with Crippen molar-refractivity contribution < 1.29 is 27.5 Å². The summed E-state index contributed by atoms with van der Waals surface area (Å²) in [4.78, 5) is 42.5. The Labute approximate surface area is 267 Å². The molecule has 4 aromatic rings. The molecule has 1 N–H and O–H groups in total. The maximum absolute atomic E-state index is 14.4. The Kier molecular flexibility index (Phi) is 8.45. The molecule has 1 atom stereocenters. The third-order valence-electron chi connectivity index (χ3n) is 8.07. The van der Waals surface area contributed by atoms with Crippen LogP contribution >= 0.6 is 0 Å². The van der Waals surface area contributed by atoms with Crippen LogP contribution in [0.2, 0.25) is 0 Å². The summed E-state index contributed by atoms with van der Waals surface area (Å²) in [6, 6.07) is 20.3. The van der Waals surface area contributed by atoms with Gasteiger partial charge in [-0.2, -0.15) is 0 Å². The number of nitrogens with zero attached hydrogens (tertiary/aromatic N) is 5. The van der Waals surface area contributed by atoms with E-state index in [1.165, 1.54) is 23.2 Å². The highest BCUT2D eigenvalue weighted by molar-refractivity contribution is 7.92. The number of aromatic nitrogens is 3. The van der Waals surface area contributed by atoms with E-state index in [1.807, 2.05) is 13.0 Å². The molecule has 0 radical (unpaired) electrons. The molecule has 2 aromatic carbocycles. The number of nitrogens with one attached hydrogen (secondary N) is 1. The number of anilines is 2. The molecule has 6 rings (SSSR count). The first-order valence-electron chi connectivity index (χ1n) is 14.9. The molecular formula is C33H34N6O6S. The molecule has 2 aromatic heterocycles. The third-order valence-corrected chi connectivity index (χ3v) is 10.6. The number of sulfone groups is 1. The predicted octanol–water partition coefficient (Wildman–Crippen LogP) is 4.54. The Morgan fingerprint density at radius 2 is 1.76 bits per heavy atom. The van der Waals surface area contributed by atoms with Gasteiger partial charge in [-0.1, -0.05) is 18.2 Å². The summed E-state index contributed by atoms with van der Waals surface area (Å²) in [5.41, 5.74) is 1.36. The number of pyridine rings is 1. The van der Waals surface area contributed by atoms with Gasteiger partial charge in [0.1, 0.15) is 22.0 Å². The molecule has 3 heterocycles. The highest BCUT2D eigenvalue weighted by Crippen LogP contribution is 2.55. The molecule has 1 saturated carbocycles. The summed E-state index contributed by atoms with van der Waals surface area (Å²) in [6.07, 6.45) is 1.45. The van der Waals surface area contributed by atoms with Gasteiger partial charge >= 0.3 is 6.09 Å². The van der Waals surface area contributed by atoms with Gasteiger partial charge < -0.3 is 19.3 Å². The second kappa shape index (κ2) is 12.5. The molecule has 1 aliphatic carbocycles. The molecule has 238 valence electrons. The zero-order valence-corrected chi connectivity index (χ0v) is 26.5. The summed E-state index contributed by atoms with van der Waals surface area (Å²) in [7, 11) is -0.990. The van der Waals surface area contributed by atoms with Crippen molar-refractivity contribution in [2.45, 2.75) is 35.4 Å². The van der Waals surface area contributed by atoms with Crippen LogP contribution in [0.4, 0.5) is 16.3 Å². The molecule has 2 fully saturated rings. The lowest BCUT2D eigenvalue weighted by Gasteiger charge is -2.34. The molecule has 2 amide bonds. The Bertz CT molecular complexity index is 1860. The number of hydrogen-bond acceptors (Lipinski definition) is 10.